The zero-order valence-electron chi connectivity index (χ0n) is 16.2. The standard InChI is InChI=1S/C23H24ClNO3/c1-26-20-10-7-17(8-11-20)14-25-15-18-9-12-22(23(13-18)27-2)28-16-19-5-3-4-6-21(19)24/h3-13,25H,14-16H2,1-2H3/p+1. The highest BCUT2D eigenvalue weighted by molar-refractivity contribution is 6.31. The number of ether oxygens (including phenoxy) is 3. The molecule has 3 rings (SSSR count). The molecule has 3 aromatic carbocycles. The summed E-state index contributed by atoms with van der Waals surface area (Å²) >= 11 is 6.19. The van der Waals surface area contributed by atoms with Gasteiger partial charge < -0.3 is 19.5 Å². The molecule has 3 aromatic rings. The number of quaternary nitrogens is 1. The van der Waals surface area contributed by atoms with E-state index in [-0.39, 0.29) is 0 Å². The first kappa shape index (κ1) is 20.1. The molecule has 0 amide bonds. The summed E-state index contributed by atoms with van der Waals surface area (Å²) in [6.45, 7) is 2.16. The fraction of sp³-hybridized carbons (Fsp3) is 0.217. The van der Waals surface area contributed by atoms with Crippen LogP contribution in [0.2, 0.25) is 5.02 Å². The molecule has 146 valence electrons. The van der Waals surface area contributed by atoms with Crippen molar-refractivity contribution in [3.8, 4) is 17.2 Å². The summed E-state index contributed by atoms with van der Waals surface area (Å²) < 4.78 is 16.6. The molecule has 2 N–H and O–H groups in total. The Morgan fingerprint density at radius 3 is 2.21 bits per heavy atom. The topological polar surface area (TPSA) is 44.3 Å². The van der Waals surface area contributed by atoms with E-state index in [1.807, 2.05) is 48.5 Å². The van der Waals surface area contributed by atoms with Gasteiger partial charge in [-0.1, -0.05) is 29.8 Å². The first-order valence-electron chi connectivity index (χ1n) is 9.17. The molecule has 0 aliphatic rings. The summed E-state index contributed by atoms with van der Waals surface area (Å²) in [6.07, 6.45) is 0. The maximum atomic E-state index is 6.19. The SMILES string of the molecule is COc1ccc(C[NH2+]Cc2ccc(OCc3ccccc3Cl)c(OC)c2)cc1. The summed E-state index contributed by atoms with van der Waals surface area (Å²) in [5.74, 6) is 2.31. The van der Waals surface area contributed by atoms with E-state index in [2.05, 4.69) is 23.5 Å². The number of benzene rings is 3. The Morgan fingerprint density at radius 1 is 0.786 bits per heavy atom. The van der Waals surface area contributed by atoms with E-state index < -0.39 is 0 Å². The van der Waals surface area contributed by atoms with Crippen molar-refractivity contribution < 1.29 is 19.5 Å². The molecule has 0 fully saturated rings. The van der Waals surface area contributed by atoms with Gasteiger partial charge in [0.15, 0.2) is 11.5 Å². The van der Waals surface area contributed by atoms with Gasteiger partial charge >= 0.3 is 0 Å². The van der Waals surface area contributed by atoms with Crippen LogP contribution in [0.3, 0.4) is 0 Å². The monoisotopic (exact) mass is 398 g/mol. The van der Waals surface area contributed by atoms with Gasteiger partial charge in [-0.2, -0.15) is 0 Å². The van der Waals surface area contributed by atoms with Crippen molar-refractivity contribution in [2.45, 2.75) is 19.7 Å². The van der Waals surface area contributed by atoms with Crippen molar-refractivity contribution in [3.63, 3.8) is 0 Å². The summed E-state index contributed by atoms with van der Waals surface area (Å²) in [7, 11) is 3.33. The van der Waals surface area contributed by atoms with E-state index in [4.69, 9.17) is 25.8 Å². The Balaban J connectivity index is 1.56. The zero-order valence-corrected chi connectivity index (χ0v) is 16.9. The molecule has 0 spiro atoms. The molecule has 0 radical (unpaired) electrons. The smallest absolute Gasteiger partial charge is 0.161 e. The fourth-order valence-electron chi connectivity index (χ4n) is 2.90. The molecule has 0 saturated carbocycles. The van der Waals surface area contributed by atoms with Crippen molar-refractivity contribution in [1.29, 1.82) is 0 Å². The molecule has 28 heavy (non-hydrogen) atoms. The van der Waals surface area contributed by atoms with Crippen LogP contribution in [0.1, 0.15) is 16.7 Å². The summed E-state index contributed by atoms with van der Waals surface area (Å²) in [5.41, 5.74) is 3.38. The molecule has 0 heterocycles. The Bertz CT molecular complexity index is 897. The second-order valence-corrected chi connectivity index (χ2v) is 6.82. The summed E-state index contributed by atoms with van der Waals surface area (Å²) in [4.78, 5) is 0. The second-order valence-electron chi connectivity index (χ2n) is 6.41. The maximum absolute atomic E-state index is 6.19. The van der Waals surface area contributed by atoms with Gasteiger partial charge in [0.1, 0.15) is 25.4 Å². The lowest BCUT2D eigenvalue weighted by Crippen LogP contribution is -2.80. The van der Waals surface area contributed by atoms with Gasteiger partial charge in [-0.3, -0.25) is 0 Å². The third kappa shape index (κ3) is 5.41. The van der Waals surface area contributed by atoms with Crippen LogP contribution >= 0.6 is 11.6 Å². The van der Waals surface area contributed by atoms with Gasteiger partial charge in [0.25, 0.3) is 0 Å². The van der Waals surface area contributed by atoms with Crippen molar-refractivity contribution in [3.05, 3.63) is 88.4 Å². The Hall–Kier alpha value is -2.69. The zero-order chi connectivity index (χ0) is 19.8. The molecular weight excluding hydrogens is 374 g/mol. The Labute approximate surface area is 171 Å². The van der Waals surface area contributed by atoms with Gasteiger partial charge in [0.2, 0.25) is 0 Å². The minimum absolute atomic E-state index is 0.402. The van der Waals surface area contributed by atoms with Gasteiger partial charge in [-0.05, 0) is 48.5 Å². The quantitative estimate of drug-likeness (QED) is 0.587. The Kier molecular flexibility index (Phi) is 7.18. The van der Waals surface area contributed by atoms with Crippen LogP contribution in [0.25, 0.3) is 0 Å². The number of hydrogen-bond acceptors (Lipinski definition) is 3. The van der Waals surface area contributed by atoms with Gasteiger partial charge in [0.05, 0.1) is 14.2 Å². The lowest BCUT2D eigenvalue weighted by atomic mass is 10.1. The molecule has 0 unspecified atom stereocenters. The molecule has 0 aliphatic carbocycles. The van der Waals surface area contributed by atoms with Crippen molar-refractivity contribution in [2.75, 3.05) is 14.2 Å². The number of rotatable bonds is 9. The average Bonchev–Trinajstić information content (AvgIpc) is 2.74. The summed E-state index contributed by atoms with van der Waals surface area (Å²) in [5, 5.41) is 2.95. The number of nitrogens with two attached hydrogens (primary N) is 1. The highest BCUT2D eigenvalue weighted by Gasteiger charge is 2.08. The molecule has 0 aromatic heterocycles. The van der Waals surface area contributed by atoms with E-state index in [1.54, 1.807) is 14.2 Å². The number of hydrogen-bond donors (Lipinski definition) is 1. The minimum atomic E-state index is 0.402. The molecular formula is C23H25ClNO3+. The van der Waals surface area contributed by atoms with E-state index in [1.165, 1.54) is 11.1 Å². The molecule has 0 bridgehead atoms. The van der Waals surface area contributed by atoms with Gasteiger partial charge in [0, 0.05) is 21.7 Å². The average molecular weight is 399 g/mol. The maximum Gasteiger partial charge on any atom is 0.161 e. The Morgan fingerprint density at radius 2 is 1.50 bits per heavy atom. The molecule has 5 heteroatoms. The normalized spacial score (nSPS) is 10.5. The molecule has 0 aliphatic heterocycles. The minimum Gasteiger partial charge on any atom is -0.497 e. The first-order valence-corrected chi connectivity index (χ1v) is 9.55. The van der Waals surface area contributed by atoms with Crippen LogP contribution < -0.4 is 19.5 Å². The first-order chi connectivity index (χ1) is 13.7. The van der Waals surface area contributed by atoms with Crippen LogP contribution in [0.4, 0.5) is 0 Å². The lowest BCUT2D eigenvalue weighted by molar-refractivity contribution is -0.686. The van der Waals surface area contributed by atoms with Gasteiger partial charge in [-0.25, -0.2) is 0 Å². The van der Waals surface area contributed by atoms with E-state index >= 15 is 0 Å². The fourth-order valence-corrected chi connectivity index (χ4v) is 3.09. The van der Waals surface area contributed by atoms with Crippen molar-refractivity contribution in [2.24, 2.45) is 0 Å². The second kappa shape index (κ2) is 10.0. The third-order valence-corrected chi connectivity index (χ3v) is 4.86. The van der Waals surface area contributed by atoms with Crippen molar-refractivity contribution in [1.82, 2.24) is 0 Å². The van der Waals surface area contributed by atoms with Crippen LogP contribution in [0.5, 0.6) is 17.2 Å². The predicted molar refractivity (Wildman–Crippen MR) is 111 cm³/mol. The van der Waals surface area contributed by atoms with Crippen molar-refractivity contribution >= 4 is 11.6 Å². The van der Waals surface area contributed by atoms with Crippen LogP contribution in [-0.4, -0.2) is 14.2 Å². The predicted octanol–water partition coefficient (Wildman–Crippen LogP) is 4.20. The van der Waals surface area contributed by atoms with E-state index in [9.17, 15) is 0 Å². The van der Waals surface area contributed by atoms with Crippen LogP contribution in [0.15, 0.2) is 66.7 Å². The number of halogens is 1. The van der Waals surface area contributed by atoms with Gasteiger partial charge in [-0.15, -0.1) is 0 Å². The third-order valence-electron chi connectivity index (χ3n) is 4.49. The van der Waals surface area contributed by atoms with E-state index in [0.29, 0.717) is 17.4 Å². The lowest BCUT2D eigenvalue weighted by Gasteiger charge is -2.13. The highest BCUT2D eigenvalue weighted by Crippen LogP contribution is 2.29. The van der Waals surface area contributed by atoms with E-state index in [0.717, 1.165) is 30.2 Å². The number of methoxy groups -OCH3 is 2. The largest absolute Gasteiger partial charge is 0.497 e. The summed E-state index contributed by atoms with van der Waals surface area (Å²) in [6, 6.07) is 21.8. The molecule has 4 nitrogen and oxygen atoms in total. The molecule has 0 saturated heterocycles. The van der Waals surface area contributed by atoms with Crippen LogP contribution in [-0.2, 0) is 19.7 Å². The highest BCUT2D eigenvalue weighted by atomic mass is 35.5. The molecule has 0 atom stereocenters. The van der Waals surface area contributed by atoms with Crippen LogP contribution in [0, 0.1) is 0 Å².